The van der Waals surface area contributed by atoms with Gasteiger partial charge in [0, 0.05) is 24.6 Å². The first kappa shape index (κ1) is 11.6. The first-order valence-electron chi connectivity index (χ1n) is 6.68. The van der Waals surface area contributed by atoms with Crippen LogP contribution in [0.25, 0.3) is 5.78 Å². The van der Waals surface area contributed by atoms with E-state index >= 15 is 0 Å². The molecular weight excluding hydrogens is 226 g/mol. The zero-order chi connectivity index (χ0) is 12.5. The number of piperidine rings is 1. The van der Waals surface area contributed by atoms with Crippen molar-refractivity contribution in [2.45, 2.75) is 38.5 Å². The third kappa shape index (κ3) is 1.99. The monoisotopic (exact) mass is 245 g/mol. The van der Waals surface area contributed by atoms with Crippen molar-refractivity contribution < 1.29 is 0 Å². The Morgan fingerprint density at radius 3 is 3.06 bits per heavy atom. The fourth-order valence-corrected chi connectivity index (χ4v) is 2.48. The van der Waals surface area contributed by atoms with E-state index < -0.39 is 0 Å². The number of nitrogens with zero attached hydrogens (tertiary/aromatic N) is 4. The van der Waals surface area contributed by atoms with E-state index in [1.165, 1.54) is 18.5 Å². The predicted molar refractivity (Wildman–Crippen MR) is 69.7 cm³/mol. The molecule has 1 unspecified atom stereocenters. The average Bonchev–Trinajstić information content (AvgIpc) is 2.83. The largest absolute Gasteiger partial charge is 0.316 e. The van der Waals surface area contributed by atoms with Crippen LogP contribution >= 0.6 is 0 Å². The lowest BCUT2D eigenvalue weighted by Gasteiger charge is -2.22. The molecule has 1 atom stereocenters. The molecule has 5 heteroatoms. The van der Waals surface area contributed by atoms with Gasteiger partial charge in [-0.25, -0.2) is 9.50 Å². The van der Waals surface area contributed by atoms with Crippen LogP contribution in [0.4, 0.5) is 0 Å². The first-order valence-corrected chi connectivity index (χ1v) is 6.68. The van der Waals surface area contributed by atoms with Crippen LogP contribution in [0, 0.1) is 0 Å². The molecule has 0 radical (unpaired) electrons. The summed E-state index contributed by atoms with van der Waals surface area (Å²) in [5.41, 5.74) is 1.23. The predicted octanol–water partition coefficient (Wildman–Crippen LogP) is 1.71. The molecule has 1 aliphatic heterocycles. The third-order valence-corrected chi connectivity index (χ3v) is 3.52. The Morgan fingerprint density at radius 1 is 1.44 bits per heavy atom. The number of hydrogen-bond donors (Lipinski definition) is 1. The molecule has 0 saturated carbocycles. The molecule has 1 N–H and O–H groups in total. The first-order chi connectivity index (χ1) is 8.75. The molecule has 1 fully saturated rings. The standard InChI is InChI=1S/C13H19N5/c1-9(2)12-16-13-15-7-5-11(18(13)17-12)10-4-3-6-14-8-10/h5,7,9-10,14H,3-4,6,8H2,1-2H3. The zero-order valence-electron chi connectivity index (χ0n) is 10.9. The maximum absolute atomic E-state index is 4.60. The van der Waals surface area contributed by atoms with Crippen LogP contribution < -0.4 is 5.32 Å². The number of hydrogen-bond acceptors (Lipinski definition) is 4. The lowest BCUT2D eigenvalue weighted by Crippen LogP contribution is -2.29. The summed E-state index contributed by atoms with van der Waals surface area (Å²) >= 11 is 0. The number of nitrogens with one attached hydrogen (secondary N) is 1. The molecule has 1 saturated heterocycles. The smallest absolute Gasteiger partial charge is 0.252 e. The van der Waals surface area contributed by atoms with E-state index in [1.807, 2.05) is 10.7 Å². The number of fused-ring (bicyclic) bond motifs is 1. The third-order valence-electron chi connectivity index (χ3n) is 3.52. The van der Waals surface area contributed by atoms with Gasteiger partial charge in [0.15, 0.2) is 5.82 Å². The molecule has 1 aliphatic rings. The van der Waals surface area contributed by atoms with Crippen LogP contribution in [0.15, 0.2) is 12.3 Å². The highest BCUT2D eigenvalue weighted by molar-refractivity contribution is 5.30. The van der Waals surface area contributed by atoms with Gasteiger partial charge in [-0.3, -0.25) is 0 Å². The average molecular weight is 245 g/mol. The summed E-state index contributed by atoms with van der Waals surface area (Å²) < 4.78 is 1.92. The Bertz CT molecular complexity index is 539. The van der Waals surface area contributed by atoms with Crippen molar-refractivity contribution in [2.75, 3.05) is 13.1 Å². The fourth-order valence-electron chi connectivity index (χ4n) is 2.48. The molecule has 0 bridgehead atoms. The Kier molecular flexibility index (Phi) is 2.99. The molecule has 5 nitrogen and oxygen atoms in total. The Hall–Kier alpha value is -1.49. The second kappa shape index (κ2) is 4.65. The maximum Gasteiger partial charge on any atom is 0.252 e. The van der Waals surface area contributed by atoms with E-state index in [-0.39, 0.29) is 0 Å². The summed E-state index contributed by atoms with van der Waals surface area (Å²) in [7, 11) is 0. The van der Waals surface area contributed by atoms with E-state index in [1.54, 1.807) is 0 Å². The second-order valence-electron chi connectivity index (χ2n) is 5.25. The van der Waals surface area contributed by atoms with Crippen molar-refractivity contribution in [3.05, 3.63) is 23.8 Å². The number of rotatable bonds is 2. The maximum atomic E-state index is 4.60. The molecule has 2 aromatic heterocycles. The van der Waals surface area contributed by atoms with Gasteiger partial charge in [-0.1, -0.05) is 13.8 Å². The van der Waals surface area contributed by atoms with Gasteiger partial charge < -0.3 is 5.32 Å². The topological polar surface area (TPSA) is 55.1 Å². The minimum atomic E-state index is 0.337. The van der Waals surface area contributed by atoms with Crippen molar-refractivity contribution in [3.63, 3.8) is 0 Å². The van der Waals surface area contributed by atoms with Gasteiger partial charge in [0.05, 0.1) is 5.69 Å². The Morgan fingerprint density at radius 2 is 2.33 bits per heavy atom. The summed E-state index contributed by atoms with van der Waals surface area (Å²) in [6, 6.07) is 2.07. The van der Waals surface area contributed by atoms with E-state index in [0.29, 0.717) is 11.8 Å². The van der Waals surface area contributed by atoms with E-state index in [2.05, 4.69) is 40.3 Å². The van der Waals surface area contributed by atoms with Crippen molar-refractivity contribution in [2.24, 2.45) is 0 Å². The van der Waals surface area contributed by atoms with Crippen molar-refractivity contribution >= 4 is 5.78 Å². The molecule has 3 heterocycles. The minimum Gasteiger partial charge on any atom is -0.316 e. The number of aromatic nitrogens is 4. The molecule has 3 rings (SSSR count). The van der Waals surface area contributed by atoms with Gasteiger partial charge in [0.1, 0.15) is 0 Å². The van der Waals surface area contributed by atoms with Crippen molar-refractivity contribution in [1.29, 1.82) is 0 Å². The van der Waals surface area contributed by atoms with Gasteiger partial charge in [-0.05, 0) is 25.5 Å². The lowest BCUT2D eigenvalue weighted by molar-refractivity contribution is 0.447. The highest BCUT2D eigenvalue weighted by Crippen LogP contribution is 2.23. The van der Waals surface area contributed by atoms with Gasteiger partial charge in [-0.15, -0.1) is 5.10 Å². The van der Waals surface area contributed by atoms with Crippen LogP contribution in [0.5, 0.6) is 0 Å². The second-order valence-corrected chi connectivity index (χ2v) is 5.25. The van der Waals surface area contributed by atoms with E-state index in [9.17, 15) is 0 Å². The molecule has 0 aromatic carbocycles. The van der Waals surface area contributed by atoms with Gasteiger partial charge in [0.2, 0.25) is 0 Å². The van der Waals surface area contributed by atoms with Crippen LogP contribution in [0.2, 0.25) is 0 Å². The normalized spacial score (nSPS) is 20.7. The lowest BCUT2D eigenvalue weighted by atomic mass is 9.96. The highest BCUT2D eigenvalue weighted by Gasteiger charge is 2.20. The Balaban J connectivity index is 2.05. The van der Waals surface area contributed by atoms with Gasteiger partial charge in [-0.2, -0.15) is 4.98 Å². The summed E-state index contributed by atoms with van der Waals surface area (Å²) in [6.45, 7) is 6.36. The zero-order valence-corrected chi connectivity index (χ0v) is 10.9. The van der Waals surface area contributed by atoms with E-state index in [4.69, 9.17) is 0 Å². The molecule has 0 spiro atoms. The van der Waals surface area contributed by atoms with Crippen LogP contribution in [0.3, 0.4) is 0 Å². The highest BCUT2D eigenvalue weighted by atomic mass is 15.3. The fraction of sp³-hybridized carbons (Fsp3) is 0.615. The summed E-state index contributed by atoms with van der Waals surface area (Å²) in [4.78, 5) is 8.80. The van der Waals surface area contributed by atoms with Gasteiger partial charge in [0.25, 0.3) is 5.78 Å². The van der Waals surface area contributed by atoms with Crippen LogP contribution in [0.1, 0.15) is 50.0 Å². The quantitative estimate of drug-likeness (QED) is 0.875. The van der Waals surface area contributed by atoms with E-state index in [0.717, 1.165) is 24.7 Å². The SMILES string of the molecule is CC(C)c1nc2nccc(C3CCCNC3)n2n1. The molecule has 0 aliphatic carbocycles. The summed E-state index contributed by atoms with van der Waals surface area (Å²) in [5, 5.41) is 8.05. The molecular formula is C13H19N5. The van der Waals surface area contributed by atoms with Crippen molar-refractivity contribution in [1.82, 2.24) is 24.9 Å². The van der Waals surface area contributed by atoms with Crippen molar-refractivity contribution in [3.8, 4) is 0 Å². The minimum absolute atomic E-state index is 0.337. The summed E-state index contributed by atoms with van der Waals surface area (Å²) in [6.07, 6.45) is 4.28. The molecule has 2 aromatic rings. The Labute approximate surface area is 107 Å². The molecule has 96 valence electrons. The summed E-state index contributed by atoms with van der Waals surface area (Å²) in [5.74, 6) is 2.45. The molecule has 18 heavy (non-hydrogen) atoms. The van der Waals surface area contributed by atoms with Crippen LogP contribution in [-0.4, -0.2) is 32.7 Å². The van der Waals surface area contributed by atoms with Crippen LogP contribution in [-0.2, 0) is 0 Å². The van der Waals surface area contributed by atoms with Gasteiger partial charge >= 0.3 is 0 Å². The molecule has 0 amide bonds.